The molecule has 0 aliphatic carbocycles. The van der Waals surface area contributed by atoms with Gasteiger partial charge in [0.1, 0.15) is 6.29 Å². The van der Waals surface area contributed by atoms with Gasteiger partial charge in [-0.15, -0.1) is 0 Å². The Morgan fingerprint density at radius 1 is 1.39 bits per heavy atom. The van der Waals surface area contributed by atoms with E-state index < -0.39 is 5.41 Å². The quantitative estimate of drug-likeness (QED) is 0.463. The maximum Gasteiger partial charge on any atom is 0.236 e. The molecule has 18 heavy (non-hydrogen) atoms. The van der Waals surface area contributed by atoms with E-state index in [4.69, 9.17) is 0 Å². The SMILES string of the molecule is CN1C(=O)C(C)(C)c2cc(C(=O)CC=O)ccc21. The molecule has 4 heteroatoms. The van der Waals surface area contributed by atoms with Crippen molar-refractivity contribution in [1.29, 1.82) is 0 Å². The summed E-state index contributed by atoms with van der Waals surface area (Å²) >= 11 is 0. The fourth-order valence-corrected chi connectivity index (χ4v) is 2.34. The van der Waals surface area contributed by atoms with Gasteiger partial charge in [-0.3, -0.25) is 9.59 Å². The van der Waals surface area contributed by atoms with Crippen LogP contribution in [0.25, 0.3) is 0 Å². The number of likely N-dealkylation sites (N-methyl/N-ethyl adjacent to an activating group) is 1. The second-order valence-corrected chi connectivity index (χ2v) is 5.02. The lowest BCUT2D eigenvalue weighted by Crippen LogP contribution is -2.33. The molecule has 0 N–H and O–H groups in total. The molecule has 0 saturated heterocycles. The van der Waals surface area contributed by atoms with Crippen LogP contribution in [0.15, 0.2) is 18.2 Å². The molecule has 0 bridgehead atoms. The molecule has 1 amide bonds. The number of anilines is 1. The highest BCUT2D eigenvalue weighted by molar-refractivity contribution is 6.09. The van der Waals surface area contributed by atoms with Gasteiger partial charge in [0.25, 0.3) is 0 Å². The predicted octanol–water partition coefficient (Wildman–Crippen LogP) is 1.71. The minimum atomic E-state index is -0.623. The summed E-state index contributed by atoms with van der Waals surface area (Å²) in [5.41, 5.74) is 1.53. The third-order valence-electron chi connectivity index (χ3n) is 3.46. The van der Waals surface area contributed by atoms with Crippen LogP contribution in [0.4, 0.5) is 5.69 Å². The monoisotopic (exact) mass is 245 g/mol. The lowest BCUT2D eigenvalue weighted by Gasteiger charge is -2.16. The number of fused-ring (bicyclic) bond motifs is 1. The molecule has 1 aliphatic heterocycles. The van der Waals surface area contributed by atoms with Crippen LogP contribution in [0.3, 0.4) is 0 Å². The molecule has 0 aromatic heterocycles. The number of carbonyl (C=O) groups excluding carboxylic acids is 3. The van der Waals surface area contributed by atoms with E-state index in [1.807, 2.05) is 13.8 Å². The summed E-state index contributed by atoms with van der Waals surface area (Å²) in [6, 6.07) is 5.15. The van der Waals surface area contributed by atoms with Crippen LogP contribution in [-0.4, -0.2) is 25.0 Å². The standard InChI is InChI=1S/C14H15NO3/c1-14(2)10-8-9(12(17)6-7-16)4-5-11(10)15(3)13(14)18/h4-5,7-8H,6H2,1-3H3. The van der Waals surface area contributed by atoms with E-state index in [0.29, 0.717) is 11.8 Å². The number of rotatable bonds is 3. The summed E-state index contributed by atoms with van der Waals surface area (Å²) < 4.78 is 0. The Kier molecular flexibility index (Phi) is 2.81. The molecular formula is C14H15NO3. The molecule has 0 saturated carbocycles. The van der Waals surface area contributed by atoms with Crippen molar-refractivity contribution >= 4 is 23.7 Å². The van der Waals surface area contributed by atoms with E-state index in [-0.39, 0.29) is 18.1 Å². The van der Waals surface area contributed by atoms with Crippen LogP contribution in [-0.2, 0) is 15.0 Å². The van der Waals surface area contributed by atoms with Gasteiger partial charge in [-0.1, -0.05) is 0 Å². The number of nitrogens with zero attached hydrogens (tertiary/aromatic N) is 1. The van der Waals surface area contributed by atoms with E-state index in [2.05, 4.69) is 0 Å². The summed E-state index contributed by atoms with van der Waals surface area (Å²) in [6.45, 7) is 3.68. The zero-order valence-corrected chi connectivity index (χ0v) is 10.7. The van der Waals surface area contributed by atoms with Crippen molar-refractivity contribution in [3.05, 3.63) is 29.3 Å². The summed E-state index contributed by atoms with van der Waals surface area (Å²) in [5, 5.41) is 0. The third-order valence-corrected chi connectivity index (χ3v) is 3.46. The van der Waals surface area contributed by atoms with Gasteiger partial charge in [-0.25, -0.2) is 0 Å². The highest BCUT2D eigenvalue weighted by Gasteiger charge is 2.42. The molecule has 1 heterocycles. The van der Waals surface area contributed by atoms with Crippen LogP contribution in [0.5, 0.6) is 0 Å². The van der Waals surface area contributed by atoms with Gasteiger partial charge in [0.15, 0.2) is 5.78 Å². The molecule has 0 fully saturated rings. The van der Waals surface area contributed by atoms with Gasteiger partial charge in [0, 0.05) is 18.3 Å². The molecule has 1 aromatic carbocycles. The minimum Gasteiger partial charge on any atom is -0.314 e. The molecule has 4 nitrogen and oxygen atoms in total. The van der Waals surface area contributed by atoms with Crippen molar-refractivity contribution in [2.75, 3.05) is 11.9 Å². The summed E-state index contributed by atoms with van der Waals surface area (Å²) in [5.74, 6) is -0.205. The summed E-state index contributed by atoms with van der Waals surface area (Å²) in [7, 11) is 1.73. The first-order valence-corrected chi connectivity index (χ1v) is 5.79. The van der Waals surface area contributed by atoms with Gasteiger partial charge in [-0.2, -0.15) is 0 Å². The smallest absolute Gasteiger partial charge is 0.236 e. The molecule has 0 spiro atoms. The first kappa shape index (κ1) is 12.5. The Labute approximate surface area is 106 Å². The number of benzene rings is 1. The molecule has 1 aromatic rings. The molecule has 0 radical (unpaired) electrons. The first-order chi connectivity index (χ1) is 8.39. The fraction of sp³-hybridized carbons (Fsp3) is 0.357. The highest BCUT2D eigenvalue weighted by atomic mass is 16.2. The molecule has 1 aliphatic rings. The van der Waals surface area contributed by atoms with Gasteiger partial charge < -0.3 is 9.69 Å². The number of aldehydes is 1. The van der Waals surface area contributed by atoms with Gasteiger partial charge in [0.2, 0.25) is 5.91 Å². The fourth-order valence-electron chi connectivity index (χ4n) is 2.34. The van der Waals surface area contributed by atoms with Crippen molar-refractivity contribution in [3.63, 3.8) is 0 Å². The van der Waals surface area contributed by atoms with Gasteiger partial charge >= 0.3 is 0 Å². The molecule has 2 rings (SSSR count). The highest BCUT2D eigenvalue weighted by Crippen LogP contribution is 2.41. The molecular weight excluding hydrogens is 230 g/mol. The Morgan fingerprint density at radius 3 is 2.67 bits per heavy atom. The van der Waals surface area contributed by atoms with Crippen molar-refractivity contribution in [2.45, 2.75) is 25.7 Å². The number of carbonyl (C=O) groups is 3. The average Bonchev–Trinajstić information content (AvgIpc) is 2.51. The van der Waals surface area contributed by atoms with Crippen molar-refractivity contribution in [1.82, 2.24) is 0 Å². The topological polar surface area (TPSA) is 54.5 Å². The van der Waals surface area contributed by atoms with E-state index >= 15 is 0 Å². The maximum absolute atomic E-state index is 12.1. The maximum atomic E-state index is 12.1. The third kappa shape index (κ3) is 1.65. The molecule has 94 valence electrons. The zero-order chi connectivity index (χ0) is 13.5. The van der Waals surface area contributed by atoms with E-state index in [1.54, 1.807) is 30.1 Å². The average molecular weight is 245 g/mol. The Hall–Kier alpha value is -1.97. The summed E-state index contributed by atoms with van der Waals surface area (Å²) in [6.07, 6.45) is 0.473. The Morgan fingerprint density at radius 2 is 2.06 bits per heavy atom. The van der Waals surface area contributed by atoms with E-state index in [1.165, 1.54) is 0 Å². The van der Waals surface area contributed by atoms with E-state index in [0.717, 1.165) is 11.3 Å². The largest absolute Gasteiger partial charge is 0.314 e. The van der Waals surface area contributed by atoms with Crippen LogP contribution in [0.1, 0.15) is 36.2 Å². The van der Waals surface area contributed by atoms with E-state index in [9.17, 15) is 14.4 Å². The first-order valence-electron chi connectivity index (χ1n) is 5.79. The number of amides is 1. The lowest BCUT2D eigenvalue weighted by molar-refractivity contribution is -0.121. The summed E-state index contributed by atoms with van der Waals surface area (Å²) in [4.78, 5) is 35.7. The molecule has 0 atom stereocenters. The predicted molar refractivity (Wildman–Crippen MR) is 67.9 cm³/mol. The lowest BCUT2D eigenvalue weighted by atomic mass is 9.85. The number of hydrogen-bond donors (Lipinski definition) is 0. The van der Waals surface area contributed by atoms with Crippen LogP contribution < -0.4 is 4.90 Å². The van der Waals surface area contributed by atoms with Gasteiger partial charge in [-0.05, 0) is 37.6 Å². The van der Waals surface area contributed by atoms with Gasteiger partial charge in [0.05, 0.1) is 11.8 Å². The van der Waals surface area contributed by atoms with Crippen LogP contribution >= 0.6 is 0 Å². The Bertz CT molecular complexity index is 546. The van der Waals surface area contributed by atoms with Crippen molar-refractivity contribution < 1.29 is 14.4 Å². The number of hydrogen-bond acceptors (Lipinski definition) is 3. The normalized spacial score (nSPS) is 16.6. The number of ketones is 1. The number of Topliss-reactive ketones (excluding diaryl/α,β-unsaturated/α-hetero) is 1. The van der Waals surface area contributed by atoms with Crippen molar-refractivity contribution in [2.24, 2.45) is 0 Å². The Balaban J connectivity index is 2.51. The van der Waals surface area contributed by atoms with Crippen molar-refractivity contribution in [3.8, 4) is 0 Å². The zero-order valence-electron chi connectivity index (χ0n) is 10.7. The van der Waals surface area contributed by atoms with Crippen LogP contribution in [0, 0.1) is 0 Å². The second kappa shape index (κ2) is 4.05. The molecule has 0 unspecified atom stereocenters. The second-order valence-electron chi connectivity index (χ2n) is 5.02. The minimum absolute atomic E-state index is 0.0116. The van der Waals surface area contributed by atoms with Crippen LogP contribution in [0.2, 0.25) is 0 Å².